The van der Waals surface area contributed by atoms with Crippen LogP contribution >= 0.6 is 22.6 Å². The third-order valence-corrected chi connectivity index (χ3v) is 4.25. The highest BCUT2D eigenvalue weighted by Crippen LogP contribution is 2.18. The lowest BCUT2D eigenvalue weighted by Crippen LogP contribution is -2.20. The quantitative estimate of drug-likeness (QED) is 0.547. The number of nitrogens with one attached hydrogen (secondary N) is 1. The van der Waals surface area contributed by atoms with Crippen molar-refractivity contribution >= 4 is 22.6 Å². The van der Waals surface area contributed by atoms with E-state index in [4.69, 9.17) is 4.74 Å². The lowest BCUT2D eigenvalue weighted by atomic mass is 10.1. The summed E-state index contributed by atoms with van der Waals surface area (Å²) in [5.41, 5.74) is 2.68. The molecule has 0 amide bonds. The van der Waals surface area contributed by atoms with Crippen molar-refractivity contribution in [3.05, 3.63) is 63.2 Å². The highest BCUT2D eigenvalue weighted by molar-refractivity contribution is 14.1. The molecule has 0 aliphatic carbocycles. The molecule has 2 aromatic rings. The number of rotatable bonds is 7. The molecular formula is C18H22INO. The van der Waals surface area contributed by atoms with Gasteiger partial charge in [-0.15, -0.1) is 0 Å². The van der Waals surface area contributed by atoms with E-state index in [9.17, 15) is 0 Å². The second-order valence-electron chi connectivity index (χ2n) is 5.19. The lowest BCUT2D eigenvalue weighted by Gasteiger charge is -2.15. The number of benzene rings is 2. The van der Waals surface area contributed by atoms with E-state index in [2.05, 4.69) is 71.2 Å². The minimum atomic E-state index is 0.344. The van der Waals surface area contributed by atoms with Crippen LogP contribution in [0, 0.1) is 3.57 Å². The molecule has 1 N–H and O–H groups in total. The van der Waals surface area contributed by atoms with Gasteiger partial charge in [-0.05, 0) is 84.3 Å². The van der Waals surface area contributed by atoms with Crippen molar-refractivity contribution in [3.63, 3.8) is 0 Å². The molecule has 2 nitrogen and oxygen atoms in total. The van der Waals surface area contributed by atoms with Crippen molar-refractivity contribution in [1.82, 2.24) is 5.32 Å². The predicted molar refractivity (Wildman–Crippen MR) is 96.9 cm³/mol. The zero-order chi connectivity index (χ0) is 15.1. The second-order valence-corrected chi connectivity index (χ2v) is 6.43. The first-order valence-electron chi connectivity index (χ1n) is 7.31. The molecule has 0 aliphatic rings. The molecular weight excluding hydrogens is 373 g/mol. The van der Waals surface area contributed by atoms with E-state index in [1.54, 1.807) is 7.11 Å². The fraction of sp³-hybridized carbons (Fsp3) is 0.333. The van der Waals surface area contributed by atoms with Gasteiger partial charge in [0.25, 0.3) is 0 Å². The highest BCUT2D eigenvalue weighted by atomic mass is 127. The van der Waals surface area contributed by atoms with E-state index in [-0.39, 0.29) is 0 Å². The summed E-state index contributed by atoms with van der Waals surface area (Å²) in [5, 5.41) is 3.58. The highest BCUT2D eigenvalue weighted by Gasteiger charge is 2.05. The Kier molecular flexibility index (Phi) is 6.51. The van der Waals surface area contributed by atoms with Crippen LogP contribution in [0.4, 0.5) is 0 Å². The number of ether oxygens (including phenoxy) is 1. The molecule has 112 valence electrons. The summed E-state index contributed by atoms with van der Waals surface area (Å²) in [6.45, 7) is 3.21. The third kappa shape index (κ3) is 5.32. The van der Waals surface area contributed by atoms with Crippen LogP contribution in [0.3, 0.4) is 0 Å². The Hall–Kier alpha value is -1.07. The van der Waals surface area contributed by atoms with E-state index in [0.717, 1.165) is 25.1 Å². The van der Waals surface area contributed by atoms with E-state index >= 15 is 0 Å². The molecule has 0 radical (unpaired) electrons. The lowest BCUT2D eigenvalue weighted by molar-refractivity contribution is 0.413. The molecule has 0 aromatic heterocycles. The Morgan fingerprint density at radius 1 is 1.14 bits per heavy atom. The Bertz CT molecular complexity index is 571. The third-order valence-electron chi connectivity index (χ3n) is 3.58. The second kappa shape index (κ2) is 8.39. The van der Waals surface area contributed by atoms with Gasteiger partial charge in [0.05, 0.1) is 7.11 Å². The Morgan fingerprint density at radius 3 is 2.71 bits per heavy atom. The maximum atomic E-state index is 5.27. The molecule has 21 heavy (non-hydrogen) atoms. The molecule has 0 bridgehead atoms. The smallest absolute Gasteiger partial charge is 0.119 e. The van der Waals surface area contributed by atoms with Crippen molar-refractivity contribution in [2.24, 2.45) is 0 Å². The van der Waals surface area contributed by atoms with Gasteiger partial charge in [-0.3, -0.25) is 0 Å². The first kappa shape index (κ1) is 16.3. The Labute approximate surface area is 141 Å². The van der Waals surface area contributed by atoms with E-state index in [1.165, 1.54) is 14.7 Å². The van der Waals surface area contributed by atoms with Crippen LogP contribution in [0.15, 0.2) is 48.5 Å². The monoisotopic (exact) mass is 395 g/mol. The molecule has 0 heterocycles. The minimum absolute atomic E-state index is 0.344. The molecule has 0 aliphatic heterocycles. The van der Waals surface area contributed by atoms with Gasteiger partial charge in [-0.25, -0.2) is 0 Å². The van der Waals surface area contributed by atoms with Gasteiger partial charge in [-0.1, -0.05) is 24.3 Å². The fourth-order valence-corrected chi connectivity index (χ4v) is 2.94. The molecule has 0 unspecified atom stereocenters. The van der Waals surface area contributed by atoms with E-state index in [1.807, 2.05) is 12.1 Å². The summed E-state index contributed by atoms with van der Waals surface area (Å²) in [6.07, 6.45) is 2.27. The molecule has 0 saturated carbocycles. The maximum Gasteiger partial charge on any atom is 0.119 e. The van der Waals surface area contributed by atoms with Gasteiger partial charge in [0.1, 0.15) is 5.75 Å². The molecule has 1 atom stereocenters. The predicted octanol–water partition coefficient (Wildman–Crippen LogP) is 4.58. The summed E-state index contributed by atoms with van der Waals surface area (Å²) < 4.78 is 6.58. The summed E-state index contributed by atoms with van der Waals surface area (Å²) in [6, 6.07) is 17.3. The normalized spacial score (nSPS) is 12.1. The van der Waals surface area contributed by atoms with Crippen LogP contribution in [0.5, 0.6) is 5.75 Å². The number of hydrogen-bond acceptors (Lipinski definition) is 2. The Morgan fingerprint density at radius 2 is 1.95 bits per heavy atom. The summed E-state index contributed by atoms with van der Waals surface area (Å²) in [4.78, 5) is 0. The van der Waals surface area contributed by atoms with Gasteiger partial charge in [0.15, 0.2) is 0 Å². The number of aryl methyl sites for hydroxylation is 1. The van der Waals surface area contributed by atoms with Crippen molar-refractivity contribution in [2.45, 2.75) is 25.8 Å². The zero-order valence-corrected chi connectivity index (χ0v) is 14.8. The largest absolute Gasteiger partial charge is 0.497 e. The average molecular weight is 395 g/mol. The molecule has 2 rings (SSSR count). The summed E-state index contributed by atoms with van der Waals surface area (Å²) in [7, 11) is 1.71. The standard InChI is InChI=1S/C18H22INO/c1-14(16-8-4-10-18(13-16)21-2)20-11-5-7-15-6-3-9-17(19)12-15/h3-4,6,8-10,12-14,20H,5,7,11H2,1-2H3/t14-/m0/s1. The first-order valence-corrected chi connectivity index (χ1v) is 8.38. The van der Waals surface area contributed by atoms with Crippen molar-refractivity contribution in [3.8, 4) is 5.75 Å². The summed E-state index contributed by atoms with van der Waals surface area (Å²) in [5.74, 6) is 0.917. The topological polar surface area (TPSA) is 21.3 Å². The van der Waals surface area contributed by atoms with Crippen molar-refractivity contribution < 1.29 is 4.74 Å². The van der Waals surface area contributed by atoms with Crippen LogP contribution in [0.25, 0.3) is 0 Å². The van der Waals surface area contributed by atoms with Crippen LogP contribution in [-0.2, 0) is 6.42 Å². The van der Waals surface area contributed by atoms with Crippen LogP contribution < -0.4 is 10.1 Å². The van der Waals surface area contributed by atoms with Crippen molar-refractivity contribution in [2.75, 3.05) is 13.7 Å². The molecule has 0 saturated heterocycles. The van der Waals surface area contributed by atoms with Gasteiger partial charge in [0.2, 0.25) is 0 Å². The Balaban J connectivity index is 1.77. The molecule has 3 heteroatoms. The summed E-state index contributed by atoms with van der Waals surface area (Å²) >= 11 is 2.36. The van der Waals surface area contributed by atoms with Crippen LogP contribution in [-0.4, -0.2) is 13.7 Å². The number of halogens is 1. The van der Waals surface area contributed by atoms with E-state index < -0.39 is 0 Å². The number of hydrogen-bond donors (Lipinski definition) is 1. The number of methoxy groups -OCH3 is 1. The van der Waals surface area contributed by atoms with Crippen molar-refractivity contribution in [1.29, 1.82) is 0 Å². The van der Waals surface area contributed by atoms with E-state index in [0.29, 0.717) is 6.04 Å². The molecule has 0 fully saturated rings. The van der Waals surface area contributed by atoms with Gasteiger partial charge >= 0.3 is 0 Å². The van der Waals surface area contributed by atoms with Gasteiger partial charge in [0, 0.05) is 9.61 Å². The maximum absolute atomic E-state index is 5.27. The van der Waals surface area contributed by atoms with Crippen LogP contribution in [0.1, 0.15) is 30.5 Å². The minimum Gasteiger partial charge on any atom is -0.497 e. The SMILES string of the molecule is COc1cccc([C@H](C)NCCCc2cccc(I)c2)c1. The van der Waals surface area contributed by atoms with Crippen LogP contribution in [0.2, 0.25) is 0 Å². The zero-order valence-electron chi connectivity index (χ0n) is 12.6. The van der Waals surface area contributed by atoms with Gasteiger partial charge in [-0.2, -0.15) is 0 Å². The van der Waals surface area contributed by atoms with Gasteiger partial charge < -0.3 is 10.1 Å². The first-order chi connectivity index (χ1) is 10.2. The fourth-order valence-electron chi connectivity index (χ4n) is 2.33. The molecule has 0 spiro atoms. The average Bonchev–Trinajstić information content (AvgIpc) is 2.51. The molecule has 2 aromatic carbocycles.